The van der Waals surface area contributed by atoms with Crippen LogP contribution < -0.4 is 10.6 Å². The van der Waals surface area contributed by atoms with Gasteiger partial charge in [0.25, 0.3) is 0 Å². The number of benzene rings is 1. The first-order chi connectivity index (χ1) is 8.61. The van der Waals surface area contributed by atoms with Gasteiger partial charge in [0, 0.05) is 22.7 Å². The Bertz CT molecular complexity index is 411. The van der Waals surface area contributed by atoms with E-state index in [1.54, 1.807) is 0 Å². The molecule has 2 N–H and O–H groups in total. The molecule has 2 rings (SSSR count). The molecule has 0 radical (unpaired) electrons. The summed E-state index contributed by atoms with van der Waals surface area (Å²) >= 11 is 3.64. The van der Waals surface area contributed by atoms with E-state index in [1.165, 1.54) is 11.3 Å². The highest BCUT2D eigenvalue weighted by Crippen LogP contribution is 2.27. The zero-order valence-electron chi connectivity index (χ0n) is 11.0. The van der Waals surface area contributed by atoms with Gasteiger partial charge in [0.15, 0.2) is 0 Å². The highest BCUT2D eigenvalue weighted by Gasteiger charge is 2.23. The molecule has 0 amide bonds. The maximum Gasteiger partial charge on any atom is 0.0723 e. The van der Waals surface area contributed by atoms with E-state index < -0.39 is 0 Å². The van der Waals surface area contributed by atoms with Crippen LogP contribution in [-0.4, -0.2) is 31.8 Å². The molecule has 0 saturated carbocycles. The summed E-state index contributed by atoms with van der Waals surface area (Å²) < 4.78 is 6.81. The van der Waals surface area contributed by atoms with Crippen molar-refractivity contribution < 1.29 is 4.74 Å². The molecule has 1 aliphatic rings. The molecule has 1 saturated heterocycles. The number of nitrogens with two attached hydrogens (primary N) is 1. The minimum absolute atomic E-state index is 0.295. The molecule has 1 heterocycles. The van der Waals surface area contributed by atoms with Crippen LogP contribution in [-0.2, 0) is 11.2 Å². The van der Waals surface area contributed by atoms with Crippen LogP contribution in [0.1, 0.15) is 19.4 Å². The van der Waals surface area contributed by atoms with E-state index in [-0.39, 0.29) is 0 Å². The summed E-state index contributed by atoms with van der Waals surface area (Å²) in [6, 6.07) is 6.97. The molecule has 0 spiro atoms. The van der Waals surface area contributed by atoms with Crippen LogP contribution >= 0.6 is 15.9 Å². The maximum absolute atomic E-state index is 5.66. The highest BCUT2D eigenvalue weighted by molar-refractivity contribution is 9.10. The molecule has 0 aromatic heterocycles. The van der Waals surface area contributed by atoms with Crippen molar-refractivity contribution in [2.45, 2.75) is 32.4 Å². The second-order valence-corrected chi connectivity index (χ2v) is 5.81. The first kappa shape index (κ1) is 13.8. The largest absolute Gasteiger partial charge is 0.375 e. The lowest BCUT2D eigenvalue weighted by molar-refractivity contribution is 0.0344. The molecule has 1 aliphatic heterocycles. The molecule has 0 bridgehead atoms. The van der Waals surface area contributed by atoms with E-state index in [1.807, 2.05) is 0 Å². The Morgan fingerprint density at radius 1 is 1.44 bits per heavy atom. The van der Waals surface area contributed by atoms with Crippen LogP contribution in [0, 0.1) is 0 Å². The Kier molecular flexibility index (Phi) is 4.65. The number of nitrogens with zero attached hydrogens (tertiary/aromatic N) is 1. The van der Waals surface area contributed by atoms with Crippen LogP contribution in [0.4, 0.5) is 5.69 Å². The number of halogens is 1. The summed E-state index contributed by atoms with van der Waals surface area (Å²) in [5.41, 5.74) is 8.13. The lowest BCUT2D eigenvalue weighted by Gasteiger charge is -2.38. The van der Waals surface area contributed by atoms with E-state index in [9.17, 15) is 0 Å². The van der Waals surface area contributed by atoms with Crippen molar-refractivity contribution in [1.82, 2.24) is 0 Å². The van der Waals surface area contributed by atoms with Gasteiger partial charge in [-0.2, -0.15) is 0 Å². The molecular formula is C14H21BrN2O. The van der Waals surface area contributed by atoms with Crippen molar-refractivity contribution in [3.05, 3.63) is 28.2 Å². The second-order valence-electron chi connectivity index (χ2n) is 4.96. The first-order valence-electron chi connectivity index (χ1n) is 6.48. The summed E-state index contributed by atoms with van der Waals surface area (Å²) in [7, 11) is 0. The Morgan fingerprint density at radius 3 is 2.89 bits per heavy atom. The summed E-state index contributed by atoms with van der Waals surface area (Å²) in [6.07, 6.45) is 1.21. The average molecular weight is 313 g/mol. The van der Waals surface area contributed by atoms with Crippen molar-refractivity contribution >= 4 is 21.6 Å². The van der Waals surface area contributed by atoms with E-state index in [4.69, 9.17) is 10.5 Å². The fraction of sp³-hybridized carbons (Fsp3) is 0.571. The lowest BCUT2D eigenvalue weighted by Crippen LogP contribution is -2.47. The van der Waals surface area contributed by atoms with Crippen molar-refractivity contribution in [3.63, 3.8) is 0 Å². The molecule has 1 aromatic rings. The average Bonchev–Trinajstić information content (AvgIpc) is 2.35. The van der Waals surface area contributed by atoms with Crippen molar-refractivity contribution in [2.75, 3.05) is 24.6 Å². The minimum Gasteiger partial charge on any atom is -0.375 e. The Morgan fingerprint density at radius 2 is 2.22 bits per heavy atom. The molecule has 100 valence electrons. The van der Waals surface area contributed by atoms with Crippen LogP contribution in [0.15, 0.2) is 22.7 Å². The molecule has 2 unspecified atom stereocenters. The fourth-order valence-corrected chi connectivity index (χ4v) is 2.90. The van der Waals surface area contributed by atoms with Gasteiger partial charge in [-0.15, -0.1) is 0 Å². The Balaban J connectivity index is 2.19. The third-order valence-electron chi connectivity index (χ3n) is 3.39. The first-order valence-corrected chi connectivity index (χ1v) is 7.28. The number of morpholine rings is 1. The van der Waals surface area contributed by atoms with E-state index in [2.05, 4.69) is 52.9 Å². The van der Waals surface area contributed by atoms with Crippen molar-refractivity contribution in [1.29, 1.82) is 0 Å². The normalized spacial score (nSPS) is 24.3. The highest BCUT2D eigenvalue weighted by atomic mass is 79.9. The minimum atomic E-state index is 0.295. The monoisotopic (exact) mass is 312 g/mol. The van der Waals surface area contributed by atoms with Gasteiger partial charge < -0.3 is 15.4 Å². The Hall–Kier alpha value is -0.580. The topological polar surface area (TPSA) is 38.5 Å². The number of hydrogen-bond acceptors (Lipinski definition) is 3. The maximum atomic E-state index is 5.66. The van der Waals surface area contributed by atoms with Gasteiger partial charge in [0.05, 0.1) is 12.7 Å². The summed E-state index contributed by atoms with van der Waals surface area (Å²) in [5, 5.41) is 0. The quantitative estimate of drug-likeness (QED) is 0.932. The van der Waals surface area contributed by atoms with Gasteiger partial charge in [-0.25, -0.2) is 0 Å². The van der Waals surface area contributed by atoms with Crippen LogP contribution in [0.25, 0.3) is 0 Å². The number of anilines is 1. The predicted molar refractivity (Wildman–Crippen MR) is 79.1 cm³/mol. The second kappa shape index (κ2) is 6.04. The number of ether oxygens (including phenoxy) is 1. The van der Waals surface area contributed by atoms with E-state index >= 15 is 0 Å². The SMILES string of the molecule is CC1CN(c2ccc(CCN)c(Br)c2)C(C)CO1. The molecule has 1 aromatic carbocycles. The van der Waals surface area contributed by atoms with Crippen molar-refractivity contribution in [3.8, 4) is 0 Å². The van der Waals surface area contributed by atoms with Crippen LogP contribution in [0.2, 0.25) is 0 Å². The van der Waals surface area contributed by atoms with Gasteiger partial charge in [-0.3, -0.25) is 0 Å². The predicted octanol–water partition coefficient (Wildman–Crippen LogP) is 2.56. The molecular weight excluding hydrogens is 292 g/mol. The zero-order valence-corrected chi connectivity index (χ0v) is 12.6. The molecule has 1 fully saturated rings. The van der Waals surface area contributed by atoms with Gasteiger partial charge in [0.1, 0.15) is 0 Å². The summed E-state index contributed by atoms with van der Waals surface area (Å²) in [6.45, 7) is 6.75. The molecule has 4 heteroatoms. The third kappa shape index (κ3) is 3.05. The third-order valence-corrected chi connectivity index (χ3v) is 4.13. The van der Waals surface area contributed by atoms with Gasteiger partial charge in [-0.05, 0) is 44.5 Å². The summed E-state index contributed by atoms with van der Waals surface area (Å²) in [5.74, 6) is 0. The zero-order chi connectivity index (χ0) is 13.1. The Labute approximate surface area is 117 Å². The molecule has 3 nitrogen and oxygen atoms in total. The van der Waals surface area contributed by atoms with Gasteiger partial charge in [-0.1, -0.05) is 22.0 Å². The van der Waals surface area contributed by atoms with E-state index in [0.717, 1.165) is 24.0 Å². The van der Waals surface area contributed by atoms with Crippen molar-refractivity contribution in [2.24, 2.45) is 5.73 Å². The fourth-order valence-electron chi connectivity index (χ4n) is 2.34. The van der Waals surface area contributed by atoms with E-state index in [0.29, 0.717) is 18.7 Å². The molecule has 0 aliphatic carbocycles. The number of rotatable bonds is 3. The van der Waals surface area contributed by atoms with Crippen LogP contribution in [0.3, 0.4) is 0 Å². The van der Waals surface area contributed by atoms with Gasteiger partial charge >= 0.3 is 0 Å². The number of hydrogen-bond donors (Lipinski definition) is 1. The molecule has 2 atom stereocenters. The lowest BCUT2D eigenvalue weighted by atomic mass is 10.1. The summed E-state index contributed by atoms with van der Waals surface area (Å²) in [4.78, 5) is 2.41. The standard InChI is InChI=1S/C14H21BrN2O/c1-10-9-18-11(2)8-17(10)13-4-3-12(5-6-16)14(15)7-13/h3-4,7,10-11H,5-6,8-9,16H2,1-2H3. The smallest absolute Gasteiger partial charge is 0.0723 e. The molecule has 18 heavy (non-hydrogen) atoms. The van der Waals surface area contributed by atoms with Crippen LogP contribution in [0.5, 0.6) is 0 Å². The van der Waals surface area contributed by atoms with Gasteiger partial charge in [0.2, 0.25) is 0 Å².